The molecule has 0 aromatic heterocycles. The van der Waals surface area contributed by atoms with Crippen molar-refractivity contribution in [1.82, 2.24) is 10.6 Å². The molecule has 6 heteroatoms. The highest BCUT2D eigenvalue weighted by atomic mass is 19.1. The summed E-state index contributed by atoms with van der Waals surface area (Å²) in [5.74, 6) is 1.36. The third-order valence-electron chi connectivity index (χ3n) is 6.02. The van der Waals surface area contributed by atoms with Crippen molar-refractivity contribution in [2.24, 2.45) is 4.99 Å². The second-order valence-electron chi connectivity index (χ2n) is 7.92. The molecule has 1 aliphatic rings. The number of hydrogen-bond donors (Lipinski definition) is 2. The number of aliphatic imine (C=N–C) groups is 1. The molecule has 1 atom stereocenters. The van der Waals surface area contributed by atoms with Gasteiger partial charge in [-0.2, -0.15) is 0 Å². The largest absolute Gasteiger partial charge is 0.497 e. The quantitative estimate of drug-likeness (QED) is 0.553. The highest BCUT2D eigenvalue weighted by Crippen LogP contribution is 2.35. The molecule has 2 N–H and O–H groups in total. The van der Waals surface area contributed by atoms with E-state index >= 15 is 0 Å². The number of aryl methyl sites for hydroxylation is 1. The van der Waals surface area contributed by atoms with Gasteiger partial charge in [-0.25, -0.2) is 4.39 Å². The van der Waals surface area contributed by atoms with Gasteiger partial charge in [0.2, 0.25) is 0 Å². The first-order chi connectivity index (χ1) is 14.5. The molecule has 0 amide bonds. The predicted octanol–water partition coefficient (Wildman–Crippen LogP) is 4.12. The number of halogens is 1. The van der Waals surface area contributed by atoms with Crippen molar-refractivity contribution in [3.63, 3.8) is 0 Å². The van der Waals surface area contributed by atoms with Crippen LogP contribution in [0.5, 0.6) is 5.75 Å². The fourth-order valence-corrected chi connectivity index (χ4v) is 3.89. The highest BCUT2D eigenvalue weighted by molar-refractivity contribution is 5.80. The lowest BCUT2D eigenvalue weighted by Gasteiger charge is -2.38. The van der Waals surface area contributed by atoms with Crippen LogP contribution in [0.25, 0.3) is 0 Å². The molecule has 1 unspecified atom stereocenters. The van der Waals surface area contributed by atoms with E-state index in [4.69, 9.17) is 9.47 Å². The monoisotopic (exact) mass is 413 g/mol. The van der Waals surface area contributed by atoms with Crippen molar-refractivity contribution in [3.8, 4) is 5.75 Å². The topological polar surface area (TPSA) is 54.9 Å². The van der Waals surface area contributed by atoms with E-state index in [1.54, 1.807) is 33.2 Å². The van der Waals surface area contributed by atoms with Gasteiger partial charge in [0.1, 0.15) is 11.6 Å². The van der Waals surface area contributed by atoms with Gasteiger partial charge in [-0.1, -0.05) is 24.3 Å². The van der Waals surface area contributed by atoms with Crippen LogP contribution in [-0.2, 0) is 10.2 Å². The van der Waals surface area contributed by atoms with Crippen molar-refractivity contribution in [2.75, 3.05) is 33.9 Å². The second-order valence-corrected chi connectivity index (χ2v) is 7.92. The maximum absolute atomic E-state index is 13.9. The van der Waals surface area contributed by atoms with Gasteiger partial charge >= 0.3 is 0 Å². The summed E-state index contributed by atoms with van der Waals surface area (Å²) in [5, 5.41) is 6.87. The smallest absolute Gasteiger partial charge is 0.191 e. The SMILES string of the molecule is CN=C(NCC1(c2ccc(OC)cc2)CCOCC1)NC(C)c1ccc(C)c(F)c1. The van der Waals surface area contributed by atoms with Crippen LogP contribution in [0.4, 0.5) is 4.39 Å². The van der Waals surface area contributed by atoms with E-state index in [0.29, 0.717) is 11.5 Å². The fourth-order valence-electron chi connectivity index (χ4n) is 3.89. The molecule has 0 aliphatic carbocycles. The lowest BCUT2D eigenvalue weighted by atomic mass is 9.74. The Balaban J connectivity index is 1.70. The van der Waals surface area contributed by atoms with E-state index in [0.717, 1.165) is 43.9 Å². The Morgan fingerprint density at radius 3 is 2.50 bits per heavy atom. The van der Waals surface area contributed by atoms with Gasteiger partial charge in [-0.15, -0.1) is 0 Å². The molecule has 5 nitrogen and oxygen atoms in total. The van der Waals surface area contributed by atoms with Crippen molar-refractivity contribution in [3.05, 3.63) is 65.0 Å². The summed E-state index contributed by atoms with van der Waals surface area (Å²) >= 11 is 0. The highest BCUT2D eigenvalue weighted by Gasteiger charge is 2.34. The van der Waals surface area contributed by atoms with Crippen molar-refractivity contribution in [2.45, 2.75) is 38.1 Å². The predicted molar refractivity (Wildman–Crippen MR) is 119 cm³/mol. The number of hydrogen-bond acceptors (Lipinski definition) is 3. The Labute approximate surface area is 178 Å². The Bertz CT molecular complexity index is 861. The normalized spacial score (nSPS) is 17.3. The van der Waals surface area contributed by atoms with E-state index < -0.39 is 0 Å². The molecule has 30 heavy (non-hydrogen) atoms. The van der Waals surface area contributed by atoms with E-state index in [9.17, 15) is 4.39 Å². The Morgan fingerprint density at radius 1 is 1.20 bits per heavy atom. The van der Waals surface area contributed by atoms with Crippen LogP contribution in [0.1, 0.15) is 42.5 Å². The lowest BCUT2D eigenvalue weighted by molar-refractivity contribution is 0.0513. The molecule has 1 saturated heterocycles. The number of ether oxygens (including phenoxy) is 2. The molecule has 3 rings (SSSR count). The minimum Gasteiger partial charge on any atom is -0.497 e. The molecule has 1 aliphatic heterocycles. The molecular formula is C24H32FN3O2. The molecule has 162 valence electrons. The van der Waals surface area contributed by atoms with Crippen LogP contribution in [0.15, 0.2) is 47.5 Å². The maximum Gasteiger partial charge on any atom is 0.191 e. The van der Waals surface area contributed by atoms with Crippen LogP contribution >= 0.6 is 0 Å². The zero-order chi connectivity index (χ0) is 21.6. The van der Waals surface area contributed by atoms with Crippen molar-refractivity contribution < 1.29 is 13.9 Å². The number of methoxy groups -OCH3 is 1. The third-order valence-corrected chi connectivity index (χ3v) is 6.02. The zero-order valence-electron chi connectivity index (χ0n) is 18.3. The maximum atomic E-state index is 13.9. The molecule has 0 radical (unpaired) electrons. The Kier molecular flexibility index (Phi) is 7.32. The van der Waals surface area contributed by atoms with Gasteiger partial charge in [-0.3, -0.25) is 4.99 Å². The lowest BCUT2D eigenvalue weighted by Crippen LogP contribution is -2.48. The molecule has 2 aromatic rings. The number of nitrogens with one attached hydrogen (secondary N) is 2. The third kappa shape index (κ3) is 5.11. The van der Waals surface area contributed by atoms with Crippen LogP contribution in [0.3, 0.4) is 0 Å². The summed E-state index contributed by atoms with van der Waals surface area (Å²) in [5.41, 5.74) is 2.76. The summed E-state index contributed by atoms with van der Waals surface area (Å²) in [6, 6.07) is 13.6. The molecule has 0 bridgehead atoms. The van der Waals surface area contributed by atoms with E-state index in [1.807, 2.05) is 25.1 Å². The number of nitrogens with zero attached hydrogens (tertiary/aromatic N) is 1. The Morgan fingerprint density at radius 2 is 1.90 bits per heavy atom. The van der Waals surface area contributed by atoms with E-state index in [2.05, 4.69) is 27.8 Å². The standard InChI is InChI=1S/C24H32FN3O2/c1-17-5-6-19(15-22(17)25)18(2)28-23(26-3)27-16-24(11-13-30-14-12-24)20-7-9-21(29-4)10-8-20/h5-10,15,18H,11-14,16H2,1-4H3,(H2,26,27,28). The first-order valence-corrected chi connectivity index (χ1v) is 10.4. The molecular weight excluding hydrogens is 381 g/mol. The number of guanidine groups is 1. The molecule has 2 aromatic carbocycles. The Hall–Kier alpha value is -2.60. The molecule has 0 spiro atoms. The summed E-state index contributed by atoms with van der Waals surface area (Å²) < 4.78 is 24.9. The van der Waals surface area contributed by atoms with Crippen molar-refractivity contribution in [1.29, 1.82) is 0 Å². The average molecular weight is 414 g/mol. The van der Waals surface area contributed by atoms with Crippen LogP contribution in [0.2, 0.25) is 0 Å². The van der Waals surface area contributed by atoms with E-state index in [1.165, 1.54) is 5.56 Å². The van der Waals surface area contributed by atoms with Gasteiger partial charge in [0.15, 0.2) is 5.96 Å². The fraction of sp³-hybridized carbons (Fsp3) is 0.458. The second kappa shape index (κ2) is 9.94. The summed E-state index contributed by atoms with van der Waals surface area (Å²) in [6.45, 7) is 5.98. The van der Waals surface area contributed by atoms with Gasteiger partial charge in [0.25, 0.3) is 0 Å². The van der Waals surface area contributed by atoms with Gasteiger partial charge in [-0.05, 0) is 61.6 Å². The molecule has 1 heterocycles. The van der Waals surface area contributed by atoms with Crippen LogP contribution < -0.4 is 15.4 Å². The number of benzene rings is 2. The van der Waals surface area contributed by atoms with Crippen molar-refractivity contribution >= 4 is 5.96 Å². The first-order valence-electron chi connectivity index (χ1n) is 10.4. The summed E-state index contributed by atoms with van der Waals surface area (Å²) in [6.07, 6.45) is 1.87. The van der Waals surface area contributed by atoms with Gasteiger partial charge < -0.3 is 20.1 Å². The van der Waals surface area contributed by atoms with Gasteiger partial charge in [0.05, 0.1) is 13.2 Å². The summed E-state index contributed by atoms with van der Waals surface area (Å²) in [4.78, 5) is 4.38. The first kappa shape index (κ1) is 22.1. The van der Waals surface area contributed by atoms with Crippen LogP contribution in [-0.4, -0.2) is 39.9 Å². The zero-order valence-corrected chi connectivity index (χ0v) is 18.3. The number of rotatable bonds is 6. The molecule has 0 saturated carbocycles. The minimum absolute atomic E-state index is 0.0403. The molecule has 1 fully saturated rings. The van der Waals surface area contributed by atoms with E-state index in [-0.39, 0.29) is 17.3 Å². The van der Waals surface area contributed by atoms with Crippen LogP contribution in [0, 0.1) is 12.7 Å². The average Bonchev–Trinajstić information content (AvgIpc) is 2.79. The summed E-state index contributed by atoms with van der Waals surface area (Å²) in [7, 11) is 3.43. The minimum atomic E-state index is -0.190. The van der Waals surface area contributed by atoms with Gasteiger partial charge in [0, 0.05) is 32.2 Å².